The van der Waals surface area contributed by atoms with Crippen LogP contribution in [0.1, 0.15) is 24.5 Å². The van der Waals surface area contributed by atoms with E-state index in [0.29, 0.717) is 12.2 Å². The molecule has 0 aliphatic carbocycles. The lowest BCUT2D eigenvalue weighted by atomic mass is 10.1. The van der Waals surface area contributed by atoms with E-state index in [4.69, 9.17) is 0 Å². The SMILES string of the molecule is CCC(=O)C1CSCc2ccccc2CSC1. The van der Waals surface area contributed by atoms with Crippen LogP contribution in [0.15, 0.2) is 24.3 Å². The summed E-state index contributed by atoms with van der Waals surface area (Å²) in [6.07, 6.45) is 0.679. The number of carbonyl (C=O) groups is 1. The van der Waals surface area contributed by atoms with Crippen LogP contribution in [0.3, 0.4) is 0 Å². The smallest absolute Gasteiger partial charge is 0.137 e. The van der Waals surface area contributed by atoms with Gasteiger partial charge in [0.25, 0.3) is 0 Å². The highest BCUT2D eigenvalue weighted by atomic mass is 32.2. The Kier molecular flexibility index (Phi) is 4.99. The minimum Gasteiger partial charge on any atom is -0.299 e. The molecule has 1 aromatic rings. The van der Waals surface area contributed by atoms with Gasteiger partial charge in [0.05, 0.1) is 0 Å². The van der Waals surface area contributed by atoms with E-state index in [9.17, 15) is 4.79 Å². The molecule has 0 unspecified atom stereocenters. The average Bonchev–Trinajstić information content (AvgIpc) is 2.47. The Bertz CT molecular complexity index is 361. The van der Waals surface area contributed by atoms with E-state index in [0.717, 1.165) is 23.0 Å². The summed E-state index contributed by atoms with van der Waals surface area (Å²) in [4.78, 5) is 11.8. The minimum absolute atomic E-state index is 0.254. The number of fused-ring (bicyclic) bond motifs is 1. The number of ketones is 1. The Balaban J connectivity index is 2.05. The Morgan fingerprint density at radius 2 is 1.71 bits per heavy atom. The lowest BCUT2D eigenvalue weighted by Crippen LogP contribution is -2.18. The number of thioether (sulfide) groups is 2. The molecule has 0 atom stereocenters. The fourth-order valence-corrected chi connectivity index (χ4v) is 4.55. The van der Waals surface area contributed by atoms with Gasteiger partial charge in [-0.05, 0) is 11.1 Å². The number of carbonyl (C=O) groups excluding carboxylic acids is 1. The largest absolute Gasteiger partial charge is 0.299 e. The second kappa shape index (κ2) is 6.50. The summed E-state index contributed by atoms with van der Waals surface area (Å²) >= 11 is 3.81. The van der Waals surface area contributed by atoms with Gasteiger partial charge in [-0.3, -0.25) is 4.79 Å². The van der Waals surface area contributed by atoms with Crippen molar-refractivity contribution in [2.75, 3.05) is 11.5 Å². The van der Waals surface area contributed by atoms with Crippen LogP contribution in [0.4, 0.5) is 0 Å². The van der Waals surface area contributed by atoms with Gasteiger partial charge in [-0.15, -0.1) is 0 Å². The molecule has 0 saturated heterocycles. The maximum absolute atomic E-state index is 11.8. The molecule has 0 bridgehead atoms. The van der Waals surface area contributed by atoms with E-state index in [1.165, 1.54) is 11.1 Å². The molecule has 1 heterocycles. The van der Waals surface area contributed by atoms with E-state index >= 15 is 0 Å². The van der Waals surface area contributed by atoms with Crippen molar-refractivity contribution >= 4 is 29.3 Å². The van der Waals surface area contributed by atoms with Gasteiger partial charge in [0, 0.05) is 35.4 Å². The van der Waals surface area contributed by atoms with Crippen molar-refractivity contribution in [3.05, 3.63) is 35.4 Å². The summed E-state index contributed by atoms with van der Waals surface area (Å²) in [6, 6.07) is 8.64. The number of hydrogen-bond acceptors (Lipinski definition) is 3. The van der Waals surface area contributed by atoms with E-state index in [2.05, 4.69) is 24.3 Å². The maximum Gasteiger partial charge on any atom is 0.137 e. The summed E-state index contributed by atoms with van der Waals surface area (Å²) < 4.78 is 0. The van der Waals surface area contributed by atoms with Crippen molar-refractivity contribution in [3.8, 4) is 0 Å². The van der Waals surface area contributed by atoms with Gasteiger partial charge < -0.3 is 0 Å². The molecule has 0 aromatic heterocycles. The van der Waals surface area contributed by atoms with Crippen molar-refractivity contribution < 1.29 is 4.79 Å². The van der Waals surface area contributed by atoms with Crippen LogP contribution in [0.5, 0.6) is 0 Å². The number of benzene rings is 1. The fraction of sp³-hybridized carbons (Fsp3) is 0.500. The van der Waals surface area contributed by atoms with E-state index in [1.807, 2.05) is 30.4 Å². The fourth-order valence-electron chi connectivity index (χ4n) is 1.98. The summed E-state index contributed by atoms with van der Waals surface area (Å²) in [7, 11) is 0. The first-order valence-electron chi connectivity index (χ1n) is 6.06. The highest BCUT2D eigenvalue weighted by Gasteiger charge is 2.18. The normalized spacial score (nSPS) is 17.7. The Hall–Kier alpha value is -0.410. The molecule has 0 spiro atoms. The predicted molar refractivity (Wildman–Crippen MR) is 77.6 cm³/mol. The van der Waals surface area contributed by atoms with E-state index in [-0.39, 0.29) is 5.92 Å². The molecule has 1 aliphatic rings. The monoisotopic (exact) mass is 266 g/mol. The molecule has 2 rings (SSSR count). The third-order valence-electron chi connectivity index (χ3n) is 3.08. The summed E-state index contributed by atoms with van der Waals surface area (Å²) in [5, 5.41) is 0. The molecule has 0 amide bonds. The molecule has 0 saturated carbocycles. The highest BCUT2D eigenvalue weighted by Crippen LogP contribution is 2.28. The number of Topliss-reactive ketones (excluding diaryl/α,β-unsaturated/α-hetero) is 1. The Morgan fingerprint density at radius 3 is 2.18 bits per heavy atom. The molecular weight excluding hydrogens is 248 g/mol. The zero-order chi connectivity index (χ0) is 12.1. The summed E-state index contributed by atoms with van der Waals surface area (Å²) in [5.41, 5.74) is 2.88. The second-order valence-corrected chi connectivity index (χ2v) is 6.38. The van der Waals surface area contributed by atoms with Gasteiger partial charge in [-0.25, -0.2) is 0 Å². The highest BCUT2D eigenvalue weighted by molar-refractivity contribution is 7.99. The third kappa shape index (κ3) is 3.52. The number of rotatable bonds is 2. The number of hydrogen-bond donors (Lipinski definition) is 0. The van der Waals surface area contributed by atoms with Gasteiger partial charge >= 0.3 is 0 Å². The molecule has 3 heteroatoms. The van der Waals surface area contributed by atoms with Crippen molar-refractivity contribution in [2.45, 2.75) is 24.9 Å². The van der Waals surface area contributed by atoms with Gasteiger partial charge in [0.15, 0.2) is 0 Å². The average molecular weight is 266 g/mol. The molecule has 0 fully saturated rings. The summed E-state index contributed by atoms with van der Waals surface area (Å²) in [6.45, 7) is 1.97. The van der Waals surface area contributed by atoms with Crippen molar-refractivity contribution in [1.29, 1.82) is 0 Å². The Morgan fingerprint density at radius 1 is 1.18 bits per heavy atom. The minimum atomic E-state index is 0.254. The summed E-state index contributed by atoms with van der Waals surface area (Å²) in [5.74, 6) is 4.73. The van der Waals surface area contributed by atoms with Crippen LogP contribution < -0.4 is 0 Å². The molecule has 92 valence electrons. The molecule has 1 aliphatic heterocycles. The van der Waals surface area contributed by atoms with Gasteiger partial charge in [0.2, 0.25) is 0 Å². The maximum atomic E-state index is 11.8. The van der Waals surface area contributed by atoms with E-state index in [1.54, 1.807) is 0 Å². The van der Waals surface area contributed by atoms with Gasteiger partial charge in [-0.2, -0.15) is 23.5 Å². The zero-order valence-corrected chi connectivity index (χ0v) is 11.8. The second-order valence-electron chi connectivity index (χ2n) is 4.32. The van der Waals surface area contributed by atoms with Crippen LogP contribution in [0.2, 0.25) is 0 Å². The standard InChI is InChI=1S/C14H18OS2/c1-2-14(15)13-9-16-7-11-5-3-4-6-12(11)8-17-10-13/h3-6,13H,2,7-10H2,1H3. The lowest BCUT2D eigenvalue weighted by Gasteiger charge is -2.12. The van der Waals surface area contributed by atoms with Gasteiger partial charge in [0.1, 0.15) is 5.78 Å². The van der Waals surface area contributed by atoms with Crippen LogP contribution in [-0.2, 0) is 16.3 Å². The quantitative estimate of drug-likeness (QED) is 0.811. The lowest BCUT2D eigenvalue weighted by molar-refractivity contribution is -0.121. The first-order valence-corrected chi connectivity index (χ1v) is 8.37. The van der Waals surface area contributed by atoms with E-state index < -0.39 is 0 Å². The third-order valence-corrected chi connectivity index (χ3v) is 5.38. The van der Waals surface area contributed by atoms with Crippen molar-refractivity contribution in [3.63, 3.8) is 0 Å². The molecule has 17 heavy (non-hydrogen) atoms. The van der Waals surface area contributed by atoms with Crippen LogP contribution in [0, 0.1) is 5.92 Å². The van der Waals surface area contributed by atoms with Crippen LogP contribution in [-0.4, -0.2) is 17.3 Å². The van der Waals surface area contributed by atoms with Crippen LogP contribution >= 0.6 is 23.5 Å². The molecule has 1 aromatic carbocycles. The van der Waals surface area contributed by atoms with Crippen molar-refractivity contribution in [2.24, 2.45) is 5.92 Å². The first kappa shape index (κ1) is 13.0. The molecule has 1 nitrogen and oxygen atoms in total. The molecule has 0 N–H and O–H groups in total. The topological polar surface area (TPSA) is 17.1 Å². The predicted octanol–water partition coefficient (Wildman–Crippen LogP) is 3.76. The molecule has 0 radical (unpaired) electrons. The molecular formula is C14H18OS2. The first-order chi connectivity index (χ1) is 8.31. The van der Waals surface area contributed by atoms with Crippen LogP contribution in [0.25, 0.3) is 0 Å². The Labute approximate surface area is 112 Å². The zero-order valence-electron chi connectivity index (χ0n) is 10.1. The van der Waals surface area contributed by atoms with Crippen molar-refractivity contribution in [1.82, 2.24) is 0 Å². The van der Waals surface area contributed by atoms with Gasteiger partial charge in [-0.1, -0.05) is 31.2 Å².